The third kappa shape index (κ3) is 6.51. The number of carbonyl (C=O) groups excluding carboxylic acids is 2. The van der Waals surface area contributed by atoms with Crippen molar-refractivity contribution >= 4 is 17.6 Å². The Morgan fingerprint density at radius 2 is 1.62 bits per heavy atom. The zero-order valence-corrected chi connectivity index (χ0v) is 16.2. The summed E-state index contributed by atoms with van der Waals surface area (Å²) in [6.07, 6.45) is -5.92. The first kappa shape index (κ1) is 22.3. The normalized spacial score (nSPS) is 12.4. The maximum absolute atomic E-state index is 13.0. The van der Waals surface area contributed by atoms with Crippen molar-refractivity contribution in [2.24, 2.45) is 0 Å². The van der Waals surface area contributed by atoms with E-state index in [2.05, 4.69) is 5.32 Å². The highest BCUT2D eigenvalue weighted by molar-refractivity contribution is 5.95. The molecule has 1 amide bonds. The number of anilines is 1. The molecule has 156 valence electrons. The third-order valence-corrected chi connectivity index (χ3v) is 4.07. The first-order valence-electron chi connectivity index (χ1n) is 8.97. The van der Waals surface area contributed by atoms with E-state index in [-0.39, 0.29) is 0 Å². The van der Waals surface area contributed by atoms with Gasteiger partial charge in [-0.15, -0.1) is 0 Å². The fourth-order valence-corrected chi connectivity index (χ4v) is 2.45. The van der Waals surface area contributed by atoms with Gasteiger partial charge in [-0.25, -0.2) is 4.79 Å². The molecule has 8 heteroatoms. The van der Waals surface area contributed by atoms with Crippen LogP contribution in [0.25, 0.3) is 0 Å². The number of esters is 1. The lowest BCUT2D eigenvalue weighted by atomic mass is 10.0. The Labute approximate surface area is 166 Å². The number of halogens is 3. The van der Waals surface area contributed by atoms with Gasteiger partial charge in [-0.1, -0.05) is 38.1 Å². The summed E-state index contributed by atoms with van der Waals surface area (Å²) in [5.74, 6) is -0.876. The van der Waals surface area contributed by atoms with Crippen LogP contribution in [0.4, 0.5) is 18.9 Å². The second kappa shape index (κ2) is 9.45. The van der Waals surface area contributed by atoms with Crippen LogP contribution in [0.5, 0.6) is 5.75 Å². The maximum Gasteiger partial charge on any atom is 0.418 e. The van der Waals surface area contributed by atoms with Crippen LogP contribution in [0.2, 0.25) is 0 Å². The molecular formula is C21H22F3NO4. The van der Waals surface area contributed by atoms with Crippen LogP contribution in [0.3, 0.4) is 0 Å². The minimum atomic E-state index is -4.62. The topological polar surface area (TPSA) is 64.6 Å². The van der Waals surface area contributed by atoms with Crippen molar-refractivity contribution in [2.45, 2.75) is 39.0 Å². The molecule has 0 fully saturated rings. The van der Waals surface area contributed by atoms with Gasteiger partial charge < -0.3 is 14.8 Å². The van der Waals surface area contributed by atoms with E-state index in [9.17, 15) is 22.8 Å². The number of hydrogen-bond acceptors (Lipinski definition) is 4. The van der Waals surface area contributed by atoms with Crippen LogP contribution in [-0.2, 0) is 20.5 Å². The zero-order valence-electron chi connectivity index (χ0n) is 16.2. The van der Waals surface area contributed by atoms with E-state index in [0.29, 0.717) is 11.7 Å². The van der Waals surface area contributed by atoms with E-state index in [1.54, 1.807) is 12.1 Å². The van der Waals surface area contributed by atoms with Gasteiger partial charge in [0.15, 0.2) is 12.7 Å². The van der Waals surface area contributed by atoms with Crippen LogP contribution in [0.1, 0.15) is 37.8 Å². The first-order valence-corrected chi connectivity index (χ1v) is 8.97. The lowest BCUT2D eigenvalue weighted by Gasteiger charge is -2.17. The monoisotopic (exact) mass is 409 g/mol. The molecule has 0 saturated heterocycles. The molecule has 0 spiro atoms. The molecule has 2 aromatic carbocycles. The number of ether oxygens (including phenoxy) is 2. The fraction of sp³-hybridized carbons (Fsp3) is 0.333. The van der Waals surface area contributed by atoms with Gasteiger partial charge in [-0.2, -0.15) is 13.2 Å². The molecule has 2 aromatic rings. The quantitative estimate of drug-likeness (QED) is 0.669. The summed E-state index contributed by atoms with van der Waals surface area (Å²) in [6.45, 7) is 4.93. The SMILES string of the molecule is CC(C)c1ccc(OCC(=O)O[C@H](C)C(=O)Nc2ccccc2C(F)(F)F)cc1. The van der Waals surface area contributed by atoms with Crippen LogP contribution < -0.4 is 10.1 Å². The highest BCUT2D eigenvalue weighted by Gasteiger charge is 2.34. The maximum atomic E-state index is 13.0. The number of hydrogen-bond donors (Lipinski definition) is 1. The summed E-state index contributed by atoms with van der Waals surface area (Å²) in [6, 6.07) is 11.7. The van der Waals surface area contributed by atoms with E-state index < -0.39 is 42.0 Å². The number of benzene rings is 2. The van der Waals surface area contributed by atoms with E-state index in [0.717, 1.165) is 17.7 Å². The van der Waals surface area contributed by atoms with Gasteiger partial charge in [0.1, 0.15) is 5.75 Å². The average Bonchev–Trinajstić information content (AvgIpc) is 2.66. The molecule has 0 aromatic heterocycles. The Kier molecular flexibility index (Phi) is 7.25. The molecule has 0 aliphatic carbocycles. The minimum absolute atomic E-state index is 0.357. The molecule has 0 aliphatic heterocycles. The Morgan fingerprint density at radius 3 is 2.21 bits per heavy atom. The van der Waals surface area contributed by atoms with Crippen LogP contribution in [0, 0.1) is 0 Å². The van der Waals surface area contributed by atoms with Crippen molar-refractivity contribution in [3.63, 3.8) is 0 Å². The van der Waals surface area contributed by atoms with Gasteiger partial charge in [0.2, 0.25) is 0 Å². The first-order chi connectivity index (χ1) is 13.6. The lowest BCUT2D eigenvalue weighted by Crippen LogP contribution is -2.32. The second-order valence-corrected chi connectivity index (χ2v) is 6.68. The molecule has 0 bridgehead atoms. The number of rotatable bonds is 7. The molecule has 2 rings (SSSR count). The van der Waals surface area contributed by atoms with Gasteiger partial charge in [-0.05, 0) is 42.7 Å². The van der Waals surface area contributed by atoms with Gasteiger partial charge in [0.05, 0.1) is 11.3 Å². The molecule has 1 atom stereocenters. The zero-order chi connectivity index (χ0) is 21.6. The highest BCUT2D eigenvalue weighted by atomic mass is 19.4. The number of amides is 1. The summed E-state index contributed by atoms with van der Waals surface area (Å²) in [4.78, 5) is 24.0. The summed E-state index contributed by atoms with van der Waals surface area (Å²) in [5.41, 5.74) is -0.279. The van der Waals surface area contributed by atoms with Gasteiger partial charge in [0, 0.05) is 0 Å². The van der Waals surface area contributed by atoms with Crippen molar-refractivity contribution in [2.75, 3.05) is 11.9 Å². The van der Waals surface area contributed by atoms with E-state index in [1.807, 2.05) is 26.0 Å². The molecule has 0 radical (unpaired) electrons. The molecule has 0 aliphatic rings. The van der Waals surface area contributed by atoms with Gasteiger partial charge in [-0.3, -0.25) is 4.79 Å². The predicted molar refractivity (Wildman–Crippen MR) is 102 cm³/mol. The highest BCUT2D eigenvalue weighted by Crippen LogP contribution is 2.34. The molecule has 29 heavy (non-hydrogen) atoms. The van der Waals surface area contributed by atoms with Crippen molar-refractivity contribution < 1.29 is 32.2 Å². The Morgan fingerprint density at radius 1 is 1.00 bits per heavy atom. The largest absolute Gasteiger partial charge is 0.482 e. The Balaban J connectivity index is 1.88. The van der Waals surface area contributed by atoms with Crippen LogP contribution in [-0.4, -0.2) is 24.6 Å². The van der Waals surface area contributed by atoms with Crippen molar-refractivity contribution in [1.29, 1.82) is 0 Å². The Bertz CT molecular complexity index is 848. The molecule has 0 unspecified atom stereocenters. The summed E-state index contributed by atoms with van der Waals surface area (Å²) >= 11 is 0. The molecule has 5 nitrogen and oxygen atoms in total. The van der Waals surface area contributed by atoms with Gasteiger partial charge >= 0.3 is 12.1 Å². The van der Waals surface area contributed by atoms with E-state index >= 15 is 0 Å². The van der Waals surface area contributed by atoms with Crippen LogP contribution >= 0.6 is 0 Å². The fourth-order valence-electron chi connectivity index (χ4n) is 2.45. The number of carbonyl (C=O) groups is 2. The summed E-state index contributed by atoms with van der Waals surface area (Å²) < 4.78 is 49.2. The van der Waals surface area contributed by atoms with Crippen molar-refractivity contribution in [1.82, 2.24) is 0 Å². The molecular weight excluding hydrogens is 387 g/mol. The Hall–Kier alpha value is -3.03. The molecule has 0 heterocycles. The van der Waals surface area contributed by atoms with Gasteiger partial charge in [0.25, 0.3) is 5.91 Å². The molecule has 1 N–H and O–H groups in total. The third-order valence-electron chi connectivity index (χ3n) is 4.07. The second-order valence-electron chi connectivity index (χ2n) is 6.68. The van der Waals surface area contributed by atoms with E-state index in [4.69, 9.17) is 9.47 Å². The van der Waals surface area contributed by atoms with Crippen molar-refractivity contribution in [3.8, 4) is 5.75 Å². The van der Waals surface area contributed by atoms with E-state index in [1.165, 1.54) is 19.1 Å². The van der Waals surface area contributed by atoms with Crippen LogP contribution in [0.15, 0.2) is 48.5 Å². The standard InChI is InChI=1S/C21H22F3NO4/c1-13(2)15-8-10-16(11-9-15)28-12-19(26)29-14(3)20(27)25-18-7-5-4-6-17(18)21(22,23)24/h4-11,13-14H,12H2,1-3H3,(H,25,27)/t14-/m1/s1. The minimum Gasteiger partial charge on any atom is -0.482 e. The predicted octanol–water partition coefficient (Wildman–Crippen LogP) is 4.78. The summed E-state index contributed by atoms with van der Waals surface area (Å²) in [5, 5.41) is 2.14. The molecule has 0 saturated carbocycles. The van der Waals surface area contributed by atoms with Crippen molar-refractivity contribution in [3.05, 3.63) is 59.7 Å². The number of nitrogens with one attached hydrogen (secondary N) is 1. The lowest BCUT2D eigenvalue weighted by molar-refractivity contribution is -0.155. The number of para-hydroxylation sites is 1. The number of alkyl halides is 3. The smallest absolute Gasteiger partial charge is 0.418 e. The summed E-state index contributed by atoms with van der Waals surface area (Å²) in [7, 11) is 0. The average molecular weight is 409 g/mol.